The molecule has 0 amide bonds. The third-order valence-corrected chi connectivity index (χ3v) is 4.23. The molecular formula is C10H24N2O2S. The van der Waals surface area contributed by atoms with Crippen LogP contribution < -0.4 is 11.3 Å². The molecule has 0 rings (SSSR count). The summed E-state index contributed by atoms with van der Waals surface area (Å²) in [6.07, 6.45) is 2.51. The van der Waals surface area contributed by atoms with Crippen molar-refractivity contribution < 1.29 is 8.42 Å². The van der Waals surface area contributed by atoms with Gasteiger partial charge in [0, 0.05) is 11.8 Å². The van der Waals surface area contributed by atoms with Crippen LogP contribution >= 0.6 is 0 Å². The number of hydrazine groups is 1. The molecule has 1 atom stereocenters. The molecule has 0 aromatic heterocycles. The van der Waals surface area contributed by atoms with Crippen molar-refractivity contribution in [1.29, 1.82) is 0 Å². The average molecular weight is 236 g/mol. The van der Waals surface area contributed by atoms with Gasteiger partial charge in [0.15, 0.2) is 0 Å². The van der Waals surface area contributed by atoms with Crippen LogP contribution in [0.4, 0.5) is 0 Å². The number of nitrogens with one attached hydrogen (secondary N) is 1. The molecule has 4 nitrogen and oxygen atoms in total. The fourth-order valence-electron chi connectivity index (χ4n) is 1.53. The molecule has 0 aromatic rings. The van der Waals surface area contributed by atoms with Gasteiger partial charge in [-0.15, -0.1) is 0 Å². The molecule has 0 aliphatic heterocycles. The zero-order valence-corrected chi connectivity index (χ0v) is 10.8. The van der Waals surface area contributed by atoms with Gasteiger partial charge in [-0.25, -0.2) is 8.42 Å². The van der Waals surface area contributed by atoms with Crippen molar-refractivity contribution in [2.45, 2.75) is 46.1 Å². The van der Waals surface area contributed by atoms with Crippen molar-refractivity contribution in [2.24, 2.45) is 11.8 Å². The molecule has 0 heterocycles. The molecule has 0 fully saturated rings. The maximum absolute atomic E-state index is 11.2. The van der Waals surface area contributed by atoms with Crippen LogP contribution in [-0.4, -0.2) is 26.0 Å². The maximum Gasteiger partial charge on any atom is 0.150 e. The summed E-state index contributed by atoms with van der Waals surface area (Å²) >= 11 is 0. The normalized spacial score (nSPS) is 14.5. The number of hydrogen-bond acceptors (Lipinski definition) is 4. The summed E-state index contributed by atoms with van der Waals surface area (Å²) in [5.74, 6) is 6.49. The first-order valence-electron chi connectivity index (χ1n) is 5.57. The van der Waals surface area contributed by atoms with Crippen molar-refractivity contribution in [3.8, 4) is 0 Å². The Kier molecular flexibility index (Phi) is 7.13. The predicted octanol–water partition coefficient (Wildman–Crippen LogP) is 1.08. The van der Waals surface area contributed by atoms with E-state index in [0.717, 1.165) is 12.8 Å². The molecule has 0 radical (unpaired) electrons. The van der Waals surface area contributed by atoms with Crippen LogP contribution in [0, 0.1) is 5.92 Å². The monoisotopic (exact) mass is 236 g/mol. The second-order valence-corrected chi connectivity index (χ2v) is 6.84. The molecule has 0 spiro atoms. The average Bonchev–Trinajstić information content (AvgIpc) is 2.15. The summed E-state index contributed by atoms with van der Waals surface area (Å²) in [7, 11) is -2.82. The lowest BCUT2D eigenvalue weighted by Gasteiger charge is -2.17. The van der Waals surface area contributed by atoms with Gasteiger partial charge >= 0.3 is 0 Å². The van der Waals surface area contributed by atoms with E-state index in [4.69, 9.17) is 5.84 Å². The van der Waals surface area contributed by atoms with E-state index >= 15 is 0 Å². The van der Waals surface area contributed by atoms with Gasteiger partial charge in [0.1, 0.15) is 9.84 Å². The largest absolute Gasteiger partial charge is 0.271 e. The molecule has 0 aliphatic carbocycles. The first-order chi connectivity index (χ1) is 6.91. The van der Waals surface area contributed by atoms with E-state index in [2.05, 4.69) is 19.3 Å². The van der Waals surface area contributed by atoms with Gasteiger partial charge in [-0.1, -0.05) is 20.8 Å². The highest BCUT2D eigenvalue weighted by molar-refractivity contribution is 7.91. The summed E-state index contributed by atoms with van der Waals surface area (Å²) in [4.78, 5) is 0. The molecule has 15 heavy (non-hydrogen) atoms. The fourth-order valence-corrected chi connectivity index (χ4v) is 2.43. The van der Waals surface area contributed by atoms with Gasteiger partial charge in [-0.3, -0.25) is 11.3 Å². The van der Waals surface area contributed by atoms with Crippen LogP contribution in [0.15, 0.2) is 0 Å². The molecule has 0 saturated carbocycles. The van der Waals surface area contributed by atoms with Crippen molar-refractivity contribution in [3.05, 3.63) is 0 Å². The molecule has 1 unspecified atom stereocenters. The minimum absolute atomic E-state index is 0.233. The Labute approximate surface area is 93.5 Å². The highest BCUT2D eigenvalue weighted by atomic mass is 32.2. The van der Waals surface area contributed by atoms with Crippen molar-refractivity contribution in [3.63, 3.8) is 0 Å². The van der Waals surface area contributed by atoms with Crippen molar-refractivity contribution >= 4 is 9.84 Å². The Morgan fingerprint density at radius 3 is 2.33 bits per heavy atom. The first-order valence-corrected chi connectivity index (χ1v) is 7.40. The van der Waals surface area contributed by atoms with Gasteiger partial charge in [-0.05, 0) is 25.2 Å². The van der Waals surface area contributed by atoms with Crippen molar-refractivity contribution in [2.75, 3.05) is 11.5 Å². The van der Waals surface area contributed by atoms with E-state index in [1.54, 1.807) is 6.92 Å². The van der Waals surface area contributed by atoms with Gasteiger partial charge in [0.05, 0.1) is 5.75 Å². The fraction of sp³-hybridized carbons (Fsp3) is 1.00. The molecule has 5 heteroatoms. The summed E-state index contributed by atoms with van der Waals surface area (Å²) in [5, 5.41) is 0. The number of hydrogen-bond donors (Lipinski definition) is 2. The minimum atomic E-state index is -2.82. The lowest BCUT2D eigenvalue weighted by atomic mass is 10.0. The Morgan fingerprint density at radius 1 is 1.33 bits per heavy atom. The van der Waals surface area contributed by atoms with Crippen LogP contribution in [0.2, 0.25) is 0 Å². The smallest absolute Gasteiger partial charge is 0.150 e. The Bertz CT molecular complexity index is 250. The minimum Gasteiger partial charge on any atom is -0.271 e. The molecule has 0 bridgehead atoms. The summed E-state index contributed by atoms with van der Waals surface area (Å²) < 4.78 is 22.5. The molecular weight excluding hydrogens is 212 g/mol. The van der Waals surface area contributed by atoms with Crippen LogP contribution in [0.1, 0.15) is 40.0 Å². The van der Waals surface area contributed by atoms with Crippen molar-refractivity contribution in [1.82, 2.24) is 5.43 Å². The van der Waals surface area contributed by atoms with Crippen LogP contribution in [0.25, 0.3) is 0 Å². The molecule has 3 N–H and O–H groups in total. The quantitative estimate of drug-likeness (QED) is 0.488. The summed E-state index contributed by atoms with van der Waals surface area (Å²) in [6.45, 7) is 5.95. The number of sulfone groups is 1. The van der Waals surface area contributed by atoms with Gasteiger partial charge in [0.2, 0.25) is 0 Å². The highest BCUT2D eigenvalue weighted by Gasteiger charge is 2.12. The van der Waals surface area contributed by atoms with Gasteiger partial charge < -0.3 is 0 Å². The van der Waals surface area contributed by atoms with E-state index < -0.39 is 9.84 Å². The van der Waals surface area contributed by atoms with Gasteiger partial charge in [-0.2, -0.15) is 0 Å². The van der Waals surface area contributed by atoms with Crippen LogP contribution in [-0.2, 0) is 9.84 Å². The van der Waals surface area contributed by atoms with Gasteiger partial charge in [0.25, 0.3) is 0 Å². The Balaban J connectivity index is 3.82. The lowest BCUT2D eigenvalue weighted by molar-refractivity contribution is 0.402. The summed E-state index contributed by atoms with van der Waals surface area (Å²) in [5.41, 5.74) is 2.74. The topological polar surface area (TPSA) is 72.2 Å². The van der Waals surface area contributed by atoms with E-state index in [1.165, 1.54) is 0 Å². The van der Waals surface area contributed by atoms with E-state index in [0.29, 0.717) is 12.3 Å². The molecule has 0 aromatic carbocycles. The maximum atomic E-state index is 11.2. The zero-order valence-electron chi connectivity index (χ0n) is 9.99. The number of nitrogens with two attached hydrogens (primary N) is 1. The van der Waals surface area contributed by atoms with E-state index in [1.807, 2.05) is 0 Å². The molecule has 0 saturated heterocycles. The SMILES string of the molecule is CCS(=O)(=O)CCCC(CC(C)C)NN. The molecule has 92 valence electrons. The second kappa shape index (κ2) is 7.19. The Hall–Kier alpha value is -0.130. The Morgan fingerprint density at radius 2 is 1.93 bits per heavy atom. The molecule has 0 aliphatic rings. The third-order valence-electron chi connectivity index (χ3n) is 2.44. The highest BCUT2D eigenvalue weighted by Crippen LogP contribution is 2.10. The summed E-state index contributed by atoms with van der Waals surface area (Å²) in [6, 6.07) is 0.233. The third kappa shape index (κ3) is 7.76. The lowest BCUT2D eigenvalue weighted by Crippen LogP contribution is -2.36. The predicted molar refractivity (Wildman–Crippen MR) is 64.1 cm³/mol. The zero-order chi connectivity index (χ0) is 11.9. The first kappa shape index (κ1) is 14.9. The number of rotatable bonds is 8. The second-order valence-electron chi connectivity index (χ2n) is 4.37. The van der Waals surface area contributed by atoms with E-state index in [9.17, 15) is 8.42 Å². The van der Waals surface area contributed by atoms with E-state index in [-0.39, 0.29) is 17.5 Å². The standard InChI is InChI=1S/C10H24N2O2S/c1-4-15(13,14)7-5-6-10(12-11)8-9(2)3/h9-10,12H,4-8,11H2,1-3H3. The van der Waals surface area contributed by atoms with Crippen LogP contribution in [0.3, 0.4) is 0 Å². The van der Waals surface area contributed by atoms with Crippen LogP contribution in [0.5, 0.6) is 0 Å².